The van der Waals surface area contributed by atoms with Gasteiger partial charge < -0.3 is 9.30 Å². The number of ether oxygens (including phenoxy) is 1. The lowest BCUT2D eigenvalue weighted by atomic mass is 10.2. The molecule has 1 aliphatic heterocycles. The molecule has 1 atom stereocenters. The third-order valence-electron chi connectivity index (χ3n) is 3.73. The maximum Gasteiger partial charge on any atom is 0.160 e. The van der Waals surface area contributed by atoms with Crippen molar-refractivity contribution in [3.63, 3.8) is 0 Å². The van der Waals surface area contributed by atoms with Crippen LogP contribution in [-0.4, -0.2) is 27.2 Å². The summed E-state index contributed by atoms with van der Waals surface area (Å²) in [5.74, 6) is 1.32. The molecule has 2 aromatic heterocycles. The summed E-state index contributed by atoms with van der Waals surface area (Å²) >= 11 is 6.01. The van der Waals surface area contributed by atoms with Gasteiger partial charge in [-0.25, -0.2) is 9.97 Å². The molecular formula is C14H18ClN3O. The van der Waals surface area contributed by atoms with Crippen molar-refractivity contribution in [2.45, 2.75) is 44.7 Å². The van der Waals surface area contributed by atoms with Crippen LogP contribution in [0.2, 0.25) is 0 Å². The molecule has 1 fully saturated rings. The molecule has 5 heteroatoms. The number of imidazole rings is 1. The molecule has 2 aromatic rings. The summed E-state index contributed by atoms with van der Waals surface area (Å²) in [6.45, 7) is 3.83. The van der Waals surface area contributed by atoms with E-state index >= 15 is 0 Å². The van der Waals surface area contributed by atoms with Crippen molar-refractivity contribution in [3.05, 3.63) is 23.7 Å². The van der Waals surface area contributed by atoms with Crippen LogP contribution in [0.1, 0.15) is 30.7 Å². The highest BCUT2D eigenvalue weighted by Gasteiger charge is 2.18. The topological polar surface area (TPSA) is 39.9 Å². The van der Waals surface area contributed by atoms with Crippen molar-refractivity contribution in [3.8, 4) is 0 Å². The van der Waals surface area contributed by atoms with E-state index in [1.54, 1.807) is 0 Å². The summed E-state index contributed by atoms with van der Waals surface area (Å²) in [6.07, 6.45) is 5.56. The average molecular weight is 280 g/mol. The van der Waals surface area contributed by atoms with E-state index in [0.29, 0.717) is 12.0 Å². The van der Waals surface area contributed by atoms with Gasteiger partial charge in [0.2, 0.25) is 0 Å². The van der Waals surface area contributed by atoms with Gasteiger partial charge >= 0.3 is 0 Å². The zero-order valence-corrected chi connectivity index (χ0v) is 11.9. The maximum absolute atomic E-state index is 6.01. The second-order valence-corrected chi connectivity index (χ2v) is 5.30. The molecule has 3 heterocycles. The van der Waals surface area contributed by atoms with Gasteiger partial charge in [0, 0.05) is 19.3 Å². The number of fused-ring (bicyclic) bond motifs is 1. The Labute approximate surface area is 117 Å². The van der Waals surface area contributed by atoms with E-state index in [9.17, 15) is 0 Å². The zero-order valence-electron chi connectivity index (χ0n) is 11.1. The van der Waals surface area contributed by atoms with E-state index in [1.165, 1.54) is 6.42 Å². The number of nitrogens with zero attached hydrogens (tertiary/aromatic N) is 3. The van der Waals surface area contributed by atoms with E-state index in [1.807, 2.05) is 12.3 Å². The second-order valence-electron chi connectivity index (χ2n) is 5.04. The number of rotatable bonds is 4. The zero-order chi connectivity index (χ0) is 13.2. The van der Waals surface area contributed by atoms with Gasteiger partial charge in [-0.1, -0.05) is 0 Å². The van der Waals surface area contributed by atoms with Crippen molar-refractivity contribution in [2.24, 2.45) is 0 Å². The van der Waals surface area contributed by atoms with Gasteiger partial charge in [0.15, 0.2) is 5.65 Å². The highest BCUT2D eigenvalue weighted by atomic mass is 35.5. The van der Waals surface area contributed by atoms with Crippen LogP contribution in [0, 0.1) is 6.92 Å². The van der Waals surface area contributed by atoms with E-state index in [-0.39, 0.29) is 0 Å². The quantitative estimate of drug-likeness (QED) is 0.808. The van der Waals surface area contributed by atoms with Gasteiger partial charge in [-0.3, -0.25) is 0 Å². The molecule has 0 bridgehead atoms. The predicted molar refractivity (Wildman–Crippen MR) is 75.4 cm³/mol. The first-order valence-corrected chi connectivity index (χ1v) is 7.31. The predicted octanol–water partition coefficient (Wildman–Crippen LogP) is 3.05. The Morgan fingerprint density at radius 1 is 1.53 bits per heavy atom. The summed E-state index contributed by atoms with van der Waals surface area (Å²) in [4.78, 5) is 9.06. The van der Waals surface area contributed by atoms with Crippen LogP contribution < -0.4 is 0 Å². The van der Waals surface area contributed by atoms with Crippen molar-refractivity contribution in [1.29, 1.82) is 0 Å². The average Bonchev–Trinajstić information content (AvgIpc) is 3.03. The number of alkyl halides is 1. The lowest BCUT2D eigenvalue weighted by Gasteiger charge is -2.11. The van der Waals surface area contributed by atoms with Crippen LogP contribution in [0.25, 0.3) is 11.2 Å². The minimum atomic E-state index is 0.380. The molecule has 0 spiro atoms. The Kier molecular flexibility index (Phi) is 3.71. The number of aryl methyl sites for hydroxylation is 2. The number of aromatic nitrogens is 3. The molecule has 0 N–H and O–H groups in total. The molecule has 1 aliphatic rings. The third-order valence-corrected chi connectivity index (χ3v) is 3.97. The van der Waals surface area contributed by atoms with Crippen molar-refractivity contribution < 1.29 is 4.74 Å². The summed E-state index contributed by atoms with van der Waals surface area (Å²) in [7, 11) is 0. The molecule has 0 aliphatic carbocycles. The summed E-state index contributed by atoms with van der Waals surface area (Å²) in [5, 5.41) is 0. The van der Waals surface area contributed by atoms with Gasteiger partial charge in [-0.05, 0) is 37.8 Å². The number of hydrogen-bond acceptors (Lipinski definition) is 3. The van der Waals surface area contributed by atoms with E-state index < -0.39 is 0 Å². The van der Waals surface area contributed by atoms with Crippen LogP contribution in [0.5, 0.6) is 0 Å². The largest absolute Gasteiger partial charge is 0.378 e. The highest BCUT2D eigenvalue weighted by Crippen LogP contribution is 2.21. The summed E-state index contributed by atoms with van der Waals surface area (Å²) in [6, 6.07) is 1.98. The molecule has 0 radical (unpaired) electrons. The second kappa shape index (κ2) is 5.47. The lowest BCUT2D eigenvalue weighted by molar-refractivity contribution is 0.100. The minimum Gasteiger partial charge on any atom is -0.378 e. The van der Waals surface area contributed by atoms with Gasteiger partial charge in [0.1, 0.15) is 11.3 Å². The lowest BCUT2D eigenvalue weighted by Crippen LogP contribution is -2.12. The van der Waals surface area contributed by atoms with E-state index in [0.717, 1.165) is 48.5 Å². The smallest absolute Gasteiger partial charge is 0.160 e. The summed E-state index contributed by atoms with van der Waals surface area (Å²) < 4.78 is 7.81. The SMILES string of the molecule is Cc1ccnc2c1nc(CCl)n2CCC1CCCO1. The fourth-order valence-corrected chi connectivity index (χ4v) is 2.87. The van der Waals surface area contributed by atoms with Crippen molar-refractivity contribution >= 4 is 22.8 Å². The Hall–Kier alpha value is -1.13. The normalized spacial score (nSPS) is 19.4. The van der Waals surface area contributed by atoms with Crippen LogP contribution in [-0.2, 0) is 17.2 Å². The first-order chi connectivity index (χ1) is 9.29. The van der Waals surface area contributed by atoms with Crippen LogP contribution in [0.15, 0.2) is 12.3 Å². The Balaban J connectivity index is 1.89. The van der Waals surface area contributed by atoms with Gasteiger partial charge in [-0.2, -0.15) is 0 Å². The molecule has 0 aromatic carbocycles. The first-order valence-electron chi connectivity index (χ1n) is 6.78. The first kappa shape index (κ1) is 12.9. The molecule has 3 rings (SSSR count). The van der Waals surface area contributed by atoms with Crippen LogP contribution >= 0.6 is 11.6 Å². The summed E-state index contributed by atoms with van der Waals surface area (Å²) in [5.41, 5.74) is 3.05. The molecular weight excluding hydrogens is 262 g/mol. The fraction of sp³-hybridized carbons (Fsp3) is 0.571. The van der Waals surface area contributed by atoms with E-state index in [4.69, 9.17) is 16.3 Å². The molecule has 1 unspecified atom stereocenters. The molecule has 1 saturated heterocycles. The van der Waals surface area contributed by atoms with Gasteiger partial charge in [0.05, 0.1) is 12.0 Å². The van der Waals surface area contributed by atoms with Gasteiger partial charge in [0.25, 0.3) is 0 Å². The molecule has 102 valence electrons. The monoisotopic (exact) mass is 279 g/mol. The van der Waals surface area contributed by atoms with Crippen molar-refractivity contribution in [1.82, 2.24) is 14.5 Å². The fourth-order valence-electron chi connectivity index (χ4n) is 2.67. The molecule has 19 heavy (non-hydrogen) atoms. The Morgan fingerprint density at radius 3 is 3.16 bits per heavy atom. The Bertz CT molecular complexity index is 575. The van der Waals surface area contributed by atoms with Crippen LogP contribution in [0.4, 0.5) is 0 Å². The molecule has 0 saturated carbocycles. The number of hydrogen-bond donors (Lipinski definition) is 0. The Morgan fingerprint density at radius 2 is 2.42 bits per heavy atom. The molecule has 4 nitrogen and oxygen atoms in total. The minimum absolute atomic E-state index is 0.380. The maximum atomic E-state index is 6.01. The number of pyridine rings is 1. The highest BCUT2D eigenvalue weighted by molar-refractivity contribution is 6.16. The van der Waals surface area contributed by atoms with E-state index in [2.05, 4.69) is 21.5 Å². The number of halogens is 1. The standard InChI is InChI=1S/C14H18ClN3O/c1-10-4-6-16-14-13(10)17-12(9-15)18(14)7-5-11-3-2-8-19-11/h4,6,11H,2-3,5,7-9H2,1H3. The van der Waals surface area contributed by atoms with Gasteiger partial charge in [-0.15, -0.1) is 11.6 Å². The molecule has 0 amide bonds. The van der Waals surface area contributed by atoms with Crippen LogP contribution in [0.3, 0.4) is 0 Å². The third kappa shape index (κ3) is 2.47. The van der Waals surface area contributed by atoms with Crippen molar-refractivity contribution in [2.75, 3.05) is 6.61 Å².